The summed E-state index contributed by atoms with van der Waals surface area (Å²) in [6.45, 7) is 8.84. The number of rotatable bonds is 10. The van der Waals surface area contributed by atoms with E-state index >= 15 is 0 Å². The SMILES string of the molecule is CC(C)CC(C(=O)NC(C(=O)NC(N)(c1ccccc1)c1ccc(F)cc1)C(C)(C)C)C(O)C(=O)NO. The Hall–Kier alpha value is -3.34. The third-order valence-electron chi connectivity index (χ3n) is 6.09. The molecule has 0 fully saturated rings. The van der Waals surface area contributed by atoms with Crippen molar-refractivity contribution in [1.29, 1.82) is 0 Å². The normalized spacial score (nSPS) is 15.7. The van der Waals surface area contributed by atoms with Gasteiger partial charge in [0, 0.05) is 0 Å². The molecule has 3 amide bonds. The van der Waals surface area contributed by atoms with Crippen LogP contribution in [-0.2, 0) is 20.0 Å². The van der Waals surface area contributed by atoms with Crippen molar-refractivity contribution in [2.45, 2.75) is 58.8 Å². The van der Waals surface area contributed by atoms with Crippen molar-refractivity contribution in [3.8, 4) is 0 Å². The highest BCUT2D eigenvalue weighted by atomic mass is 19.1. The number of aliphatic hydroxyl groups excluding tert-OH is 1. The van der Waals surface area contributed by atoms with E-state index in [0.29, 0.717) is 11.1 Å². The maximum absolute atomic E-state index is 13.7. The molecule has 2 rings (SSSR count). The minimum absolute atomic E-state index is 0.0768. The van der Waals surface area contributed by atoms with E-state index in [-0.39, 0.29) is 12.3 Å². The number of hydrogen-bond acceptors (Lipinski definition) is 6. The Bertz CT molecular complexity index is 1070. The van der Waals surface area contributed by atoms with Crippen molar-refractivity contribution in [2.75, 3.05) is 0 Å². The maximum atomic E-state index is 13.7. The van der Waals surface area contributed by atoms with E-state index in [2.05, 4.69) is 10.6 Å². The second kappa shape index (κ2) is 12.3. The van der Waals surface area contributed by atoms with Gasteiger partial charge in [-0.2, -0.15) is 0 Å². The van der Waals surface area contributed by atoms with Crippen LogP contribution >= 0.6 is 0 Å². The molecule has 0 aliphatic rings. The average Bonchev–Trinajstić information content (AvgIpc) is 2.84. The highest BCUT2D eigenvalue weighted by molar-refractivity contribution is 5.93. The number of amides is 3. The van der Waals surface area contributed by atoms with Crippen LogP contribution in [0, 0.1) is 23.1 Å². The third kappa shape index (κ3) is 7.58. The number of nitrogens with one attached hydrogen (secondary N) is 3. The molecule has 9 nitrogen and oxygen atoms in total. The molecule has 0 heterocycles. The number of hydrogen-bond donors (Lipinski definition) is 6. The molecule has 202 valence electrons. The lowest BCUT2D eigenvalue weighted by Crippen LogP contribution is -2.62. The van der Waals surface area contributed by atoms with E-state index in [1.54, 1.807) is 51.1 Å². The fraction of sp³-hybridized carbons (Fsp3) is 0.444. The number of carbonyl (C=O) groups is 3. The van der Waals surface area contributed by atoms with Gasteiger partial charge >= 0.3 is 0 Å². The summed E-state index contributed by atoms with van der Waals surface area (Å²) in [4.78, 5) is 38.8. The van der Waals surface area contributed by atoms with Crippen LogP contribution in [0.2, 0.25) is 0 Å². The third-order valence-corrected chi connectivity index (χ3v) is 6.09. The summed E-state index contributed by atoms with van der Waals surface area (Å²) in [5.41, 5.74) is 6.68. The van der Waals surface area contributed by atoms with Gasteiger partial charge in [0.25, 0.3) is 5.91 Å². The van der Waals surface area contributed by atoms with Crippen molar-refractivity contribution in [3.05, 3.63) is 71.5 Å². The summed E-state index contributed by atoms with van der Waals surface area (Å²) in [7, 11) is 0. The number of nitrogens with two attached hydrogens (primary N) is 1. The molecule has 0 spiro atoms. The van der Waals surface area contributed by atoms with E-state index in [1.807, 2.05) is 13.8 Å². The molecule has 4 atom stereocenters. The van der Waals surface area contributed by atoms with Gasteiger partial charge in [0.15, 0.2) is 0 Å². The molecule has 7 N–H and O–H groups in total. The van der Waals surface area contributed by atoms with Crippen molar-refractivity contribution < 1.29 is 29.1 Å². The maximum Gasteiger partial charge on any atom is 0.272 e. The Kier molecular flexibility index (Phi) is 9.91. The minimum atomic E-state index is -1.83. The second-order valence-corrected chi connectivity index (χ2v) is 10.6. The van der Waals surface area contributed by atoms with Gasteiger partial charge in [-0.1, -0.05) is 77.1 Å². The fourth-order valence-electron chi connectivity index (χ4n) is 4.05. The van der Waals surface area contributed by atoms with E-state index in [0.717, 1.165) is 0 Å². The number of benzene rings is 2. The van der Waals surface area contributed by atoms with Gasteiger partial charge in [0.1, 0.15) is 23.6 Å². The number of carbonyl (C=O) groups excluding carboxylic acids is 3. The van der Waals surface area contributed by atoms with Crippen molar-refractivity contribution >= 4 is 17.7 Å². The van der Waals surface area contributed by atoms with Gasteiger partial charge in [-0.15, -0.1) is 0 Å². The Morgan fingerprint density at radius 3 is 1.95 bits per heavy atom. The quantitative estimate of drug-likeness (QED) is 0.162. The molecule has 4 unspecified atom stereocenters. The zero-order chi connectivity index (χ0) is 28.0. The first-order valence-corrected chi connectivity index (χ1v) is 12.1. The van der Waals surface area contributed by atoms with Crippen molar-refractivity contribution in [2.24, 2.45) is 23.0 Å². The fourth-order valence-corrected chi connectivity index (χ4v) is 4.05. The molecule has 10 heteroatoms. The lowest BCUT2D eigenvalue weighted by atomic mass is 9.83. The molecule has 2 aromatic rings. The molecule has 0 aromatic heterocycles. The van der Waals surface area contributed by atoms with Gasteiger partial charge in [-0.25, -0.2) is 9.87 Å². The summed E-state index contributed by atoms with van der Waals surface area (Å²) in [5, 5.41) is 24.8. The second-order valence-electron chi connectivity index (χ2n) is 10.6. The predicted molar refractivity (Wildman–Crippen MR) is 136 cm³/mol. The molecular weight excluding hydrogens is 479 g/mol. The standard InChI is InChI=1S/C27H37FN4O5/c1-16(2)15-20(21(33)24(35)32-37)23(34)30-22(26(3,4)5)25(36)31-27(29,17-9-7-6-8-10-17)18-11-13-19(28)14-12-18/h6-14,16,20-22,33,37H,15,29H2,1-5H3,(H,30,34)(H,31,36)(H,32,35). The number of hydroxylamine groups is 1. The zero-order valence-corrected chi connectivity index (χ0v) is 21.8. The molecule has 2 aromatic carbocycles. The van der Waals surface area contributed by atoms with Gasteiger partial charge in [-0.3, -0.25) is 19.6 Å². The zero-order valence-electron chi connectivity index (χ0n) is 21.8. The average molecular weight is 517 g/mol. The van der Waals surface area contributed by atoms with Gasteiger partial charge in [0.05, 0.1) is 5.92 Å². The molecule has 0 bridgehead atoms. The topological polar surface area (TPSA) is 154 Å². The molecular formula is C27H37FN4O5. The first-order valence-electron chi connectivity index (χ1n) is 12.1. The van der Waals surface area contributed by atoms with Gasteiger partial charge < -0.3 is 21.5 Å². The van der Waals surface area contributed by atoms with Crippen LogP contribution in [-0.4, -0.2) is 40.2 Å². The molecule has 0 aliphatic heterocycles. The Morgan fingerprint density at radius 2 is 1.46 bits per heavy atom. The Labute approximate surface area is 216 Å². The summed E-state index contributed by atoms with van der Waals surface area (Å²) in [6, 6.07) is 13.0. The first kappa shape index (κ1) is 29.9. The smallest absolute Gasteiger partial charge is 0.272 e. The van der Waals surface area contributed by atoms with E-state index in [4.69, 9.17) is 10.9 Å². The molecule has 0 saturated heterocycles. The molecule has 0 saturated carbocycles. The molecule has 37 heavy (non-hydrogen) atoms. The van der Waals surface area contributed by atoms with Crippen LogP contribution in [0.25, 0.3) is 0 Å². The van der Waals surface area contributed by atoms with Crippen molar-refractivity contribution in [3.63, 3.8) is 0 Å². The number of halogens is 1. The molecule has 0 aliphatic carbocycles. The van der Waals surface area contributed by atoms with Crippen LogP contribution in [0.4, 0.5) is 4.39 Å². The van der Waals surface area contributed by atoms with Crippen LogP contribution in [0.3, 0.4) is 0 Å². The Morgan fingerprint density at radius 1 is 0.919 bits per heavy atom. The lowest BCUT2D eigenvalue weighted by Gasteiger charge is -2.37. The van der Waals surface area contributed by atoms with Crippen LogP contribution in [0.1, 0.15) is 52.2 Å². The van der Waals surface area contributed by atoms with Crippen molar-refractivity contribution in [1.82, 2.24) is 16.1 Å². The molecule has 0 radical (unpaired) electrons. The lowest BCUT2D eigenvalue weighted by molar-refractivity contribution is -0.147. The monoisotopic (exact) mass is 516 g/mol. The first-order chi connectivity index (χ1) is 17.2. The highest BCUT2D eigenvalue weighted by Gasteiger charge is 2.41. The van der Waals surface area contributed by atoms with E-state index in [9.17, 15) is 23.9 Å². The van der Waals surface area contributed by atoms with Crippen LogP contribution in [0.15, 0.2) is 54.6 Å². The highest BCUT2D eigenvalue weighted by Crippen LogP contribution is 2.28. The van der Waals surface area contributed by atoms with E-state index < -0.39 is 52.7 Å². The van der Waals surface area contributed by atoms with Crippen LogP contribution < -0.4 is 21.8 Å². The summed E-state index contributed by atoms with van der Waals surface area (Å²) in [6.07, 6.45) is -1.70. The van der Waals surface area contributed by atoms with Gasteiger partial charge in [-0.05, 0) is 41.0 Å². The van der Waals surface area contributed by atoms with Crippen LogP contribution in [0.5, 0.6) is 0 Å². The Balaban J connectivity index is 2.44. The predicted octanol–water partition coefficient (Wildman–Crippen LogP) is 2.16. The summed E-state index contributed by atoms with van der Waals surface area (Å²) in [5.74, 6) is -4.25. The van der Waals surface area contributed by atoms with Gasteiger partial charge in [0.2, 0.25) is 11.8 Å². The minimum Gasteiger partial charge on any atom is -0.382 e. The number of aliphatic hydroxyl groups is 1. The largest absolute Gasteiger partial charge is 0.382 e. The summed E-state index contributed by atoms with van der Waals surface area (Å²) < 4.78 is 13.6. The van der Waals surface area contributed by atoms with E-state index in [1.165, 1.54) is 29.7 Å². The summed E-state index contributed by atoms with van der Waals surface area (Å²) >= 11 is 0.